The number of hydrogen-bond donors (Lipinski definition) is 2. The van der Waals surface area contributed by atoms with Gasteiger partial charge in [-0.05, 0) is 55.0 Å². The molecule has 2 N–H and O–H groups in total. The van der Waals surface area contributed by atoms with Crippen LogP contribution in [0.25, 0.3) is 16.6 Å². The van der Waals surface area contributed by atoms with Crippen LogP contribution in [0, 0.1) is 6.92 Å². The average molecular weight is 511 g/mol. The molecule has 1 unspecified atom stereocenters. The molecule has 0 saturated carbocycles. The van der Waals surface area contributed by atoms with E-state index in [2.05, 4.69) is 90.3 Å². The fourth-order valence-electron chi connectivity index (χ4n) is 5.95. The summed E-state index contributed by atoms with van der Waals surface area (Å²) in [5.41, 5.74) is 4.83. The lowest BCUT2D eigenvalue weighted by Crippen LogP contribution is -2.54. The van der Waals surface area contributed by atoms with Crippen molar-refractivity contribution in [3.63, 3.8) is 0 Å². The molecule has 5 aromatic rings. The highest BCUT2D eigenvalue weighted by molar-refractivity contribution is 5.85. The van der Waals surface area contributed by atoms with Gasteiger partial charge in [-0.3, -0.25) is 9.47 Å². The first-order valence-electron chi connectivity index (χ1n) is 13.5. The van der Waals surface area contributed by atoms with Crippen molar-refractivity contribution in [1.82, 2.24) is 40.1 Å². The second-order valence-electron chi connectivity index (χ2n) is 10.1. The van der Waals surface area contributed by atoms with Gasteiger partial charge in [0.1, 0.15) is 12.7 Å². The summed E-state index contributed by atoms with van der Waals surface area (Å²) >= 11 is 0. The molecule has 0 spiro atoms. The Bertz CT molecular complexity index is 1450. The van der Waals surface area contributed by atoms with Gasteiger partial charge in [0.2, 0.25) is 5.89 Å². The highest BCUT2D eigenvalue weighted by Gasteiger charge is 2.38. The lowest BCUT2D eigenvalue weighted by atomic mass is 9.78. The molecule has 9 nitrogen and oxygen atoms in total. The Morgan fingerprint density at radius 2 is 1.79 bits per heavy atom. The van der Waals surface area contributed by atoms with Gasteiger partial charge in [0, 0.05) is 67.8 Å². The van der Waals surface area contributed by atoms with Gasteiger partial charge < -0.3 is 14.8 Å². The quantitative estimate of drug-likeness (QED) is 0.290. The Kier molecular flexibility index (Phi) is 7.02. The lowest BCUT2D eigenvalue weighted by molar-refractivity contribution is 0.0516. The predicted molar refractivity (Wildman–Crippen MR) is 146 cm³/mol. The number of fused-ring (bicyclic) bond motifs is 1. The van der Waals surface area contributed by atoms with Crippen LogP contribution in [0.5, 0.6) is 0 Å². The summed E-state index contributed by atoms with van der Waals surface area (Å²) in [5, 5.41) is 16.9. The molecule has 1 saturated heterocycles. The number of hydrogen-bond acceptors (Lipinski definition) is 7. The first kappa shape index (κ1) is 24.5. The van der Waals surface area contributed by atoms with Crippen molar-refractivity contribution in [3.05, 3.63) is 90.2 Å². The highest BCUT2D eigenvalue weighted by atomic mass is 16.5. The van der Waals surface area contributed by atoms with E-state index in [9.17, 15) is 0 Å². The van der Waals surface area contributed by atoms with Crippen LogP contribution < -0.4 is 5.32 Å². The van der Waals surface area contributed by atoms with Crippen LogP contribution in [0.1, 0.15) is 42.1 Å². The SMILES string of the molecule is Cc1nc(CCC(CCCc2c[nH]c3ccc(-n4cnnc4)cc23)(c2ccccc2)N2CCNCC2)no1. The van der Waals surface area contributed by atoms with E-state index in [1.807, 2.05) is 11.5 Å². The van der Waals surface area contributed by atoms with E-state index in [0.29, 0.717) is 5.89 Å². The summed E-state index contributed by atoms with van der Waals surface area (Å²) in [6, 6.07) is 17.5. The Morgan fingerprint density at radius 1 is 0.974 bits per heavy atom. The number of rotatable bonds is 10. The third kappa shape index (κ3) is 4.99. The van der Waals surface area contributed by atoms with E-state index < -0.39 is 0 Å². The molecular weight excluding hydrogens is 476 g/mol. The first-order chi connectivity index (χ1) is 18.7. The van der Waals surface area contributed by atoms with Gasteiger partial charge in [-0.25, -0.2) is 0 Å². The van der Waals surface area contributed by atoms with E-state index >= 15 is 0 Å². The molecule has 196 valence electrons. The van der Waals surface area contributed by atoms with Crippen LogP contribution >= 0.6 is 0 Å². The average Bonchev–Trinajstić information content (AvgIpc) is 3.73. The van der Waals surface area contributed by atoms with E-state index in [4.69, 9.17) is 4.52 Å². The zero-order valence-electron chi connectivity index (χ0n) is 21.8. The second-order valence-corrected chi connectivity index (χ2v) is 10.1. The fraction of sp³-hybridized carbons (Fsp3) is 0.379. The molecule has 0 amide bonds. The number of nitrogens with zero attached hydrogens (tertiary/aromatic N) is 6. The molecule has 4 heterocycles. The number of H-pyrrole nitrogens is 1. The largest absolute Gasteiger partial charge is 0.361 e. The minimum atomic E-state index is -0.0996. The van der Waals surface area contributed by atoms with Gasteiger partial charge >= 0.3 is 0 Å². The molecule has 9 heteroatoms. The summed E-state index contributed by atoms with van der Waals surface area (Å²) in [6.07, 6.45) is 10.5. The first-order valence-corrected chi connectivity index (χ1v) is 13.5. The van der Waals surface area contributed by atoms with Crippen molar-refractivity contribution in [1.29, 1.82) is 0 Å². The van der Waals surface area contributed by atoms with Crippen molar-refractivity contribution < 1.29 is 4.52 Å². The maximum Gasteiger partial charge on any atom is 0.223 e. The number of nitrogens with one attached hydrogen (secondary N) is 2. The zero-order chi connectivity index (χ0) is 25.8. The van der Waals surface area contributed by atoms with Crippen LogP contribution in [-0.2, 0) is 18.4 Å². The number of benzene rings is 2. The van der Waals surface area contributed by atoms with Crippen molar-refractivity contribution in [2.24, 2.45) is 0 Å². The van der Waals surface area contributed by atoms with E-state index in [0.717, 1.165) is 75.3 Å². The maximum atomic E-state index is 5.29. The zero-order valence-corrected chi connectivity index (χ0v) is 21.8. The summed E-state index contributed by atoms with van der Waals surface area (Å²) in [4.78, 5) is 10.7. The van der Waals surface area contributed by atoms with Crippen LogP contribution in [0.4, 0.5) is 0 Å². The Labute approximate surface area is 222 Å². The van der Waals surface area contributed by atoms with Crippen LogP contribution in [0.15, 0.2) is 71.9 Å². The Morgan fingerprint density at radius 3 is 2.55 bits per heavy atom. The lowest BCUT2D eigenvalue weighted by Gasteiger charge is -2.47. The molecule has 0 radical (unpaired) electrons. The van der Waals surface area contributed by atoms with Crippen molar-refractivity contribution >= 4 is 10.9 Å². The van der Waals surface area contributed by atoms with Crippen LogP contribution in [-0.4, -0.2) is 61.0 Å². The van der Waals surface area contributed by atoms with Crippen LogP contribution in [0.3, 0.4) is 0 Å². The molecule has 0 bridgehead atoms. The van der Waals surface area contributed by atoms with Gasteiger partial charge in [0.05, 0.1) is 0 Å². The molecule has 0 aliphatic carbocycles. The predicted octanol–water partition coefficient (Wildman–Crippen LogP) is 4.20. The molecule has 1 aliphatic rings. The molecule has 6 rings (SSSR count). The van der Waals surface area contributed by atoms with E-state index in [-0.39, 0.29) is 5.54 Å². The minimum absolute atomic E-state index is 0.0996. The molecule has 1 fully saturated rings. The third-order valence-electron chi connectivity index (χ3n) is 7.87. The maximum absolute atomic E-state index is 5.29. The molecule has 38 heavy (non-hydrogen) atoms. The van der Waals surface area contributed by atoms with Gasteiger partial charge in [-0.15, -0.1) is 10.2 Å². The molecule has 3 aromatic heterocycles. The number of piperazine rings is 1. The molecule has 2 aromatic carbocycles. The summed E-state index contributed by atoms with van der Waals surface area (Å²) in [7, 11) is 0. The summed E-state index contributed by atoms with van der Waals surface area (Å²) in [6.45, 7) is 5.91. The number of aromatic nitrogens is 6. The van der Waals surface area contributed by atoms with Crippen molar-refractivity contribution in [2.45, 2.75) is 44.6 Å². The minimum Gasteiger partial charge on any atom is -0.361 e. The molecule has 1 atom stereocenters. The number of aryl methyl sites for hydroxylation is 3. The normalized spacial score (nSPS) is 16.1. The standard InChI is InChI=1S/C29H34N8O/c1-22-34-28(35-38-22)11-13-29(24-7-3-2-4-8-24,37-16-14-30-15-17-37)12-5-6-23-19-31-27-10-9-25(18-26(23)27)36-20-32-33-21-36/h2-4,7-10,18-21,30-31H,5-6,11-17H2,1H3. The Hall–Kier alpha value is -3.82. The van der Waals surface area contributed by atoms with Gasteiger partial charge in [0.25, 0.3) is 0 Å². The van der Waals surface area contributed by atoms with Gasteiger partial charge in [-0.2, -0.15) is 4.98 Å². The second kappa shape index (κ2) is 10.9. The molecular formula is C29H34N8O. The monoisotopic (exact) mass is 510 g/mol. The number of aromatic amines is 1. The van der Waals surface area contributed by atoms with Crippen molar-refractivity contribution in [2.75, 3.05) is 26.2 Å². The van der Waals surface area contributed by atoms with Gasteiger partial charge in [-0.1, -0.05) is 35.5 Å². The Balaban J connectivity index is 1.28. The van der Waals surface area contributed by atoms with Crippen molar-refractivity contribution in [3.8, 4) is 5.69 Å². The van der Waals surface area contributed by atoms with E-state index in [1.165, 1.54) is 16.5 Å². The third-order valence-corrected chi connectivity index (χ3v) is 7.87. The smallest absolute Gasteiger partial charge is 0.223 e. The summed E-state index contributed by atoms with van der Waals surface area (Å²) < 4.78 is 7.24. The van der Waals surface area contributed by atoms with E-state index in [1.54, 1.807) is 12.7 Å². The van der Waals surface area contributed by atoms with Crippen LogP contribution in [0.2, 0.25) is 0 Å². The highest BCUT2D eigenvalue weighted by Crippen LogP contribution is 2.39. The molecule has 1 aliphatic heterocycles. The fourth-order valence-corrected chi connectivity index (χ4v) is 5.95. The topological polar surface area (TPSA) is 101 Å². The van der Waals surface area contributed by atoms with Gasteiger partial charge in [0.15, 0.2) is 5.82 Å². The summed E-state index contributed by atoms with van der Waals surface area (Å²) in [5.74, 6) is 1.41.